The summed E-state index contributed by atoms with van der Waals surface area (Å²) in [6, 6.07) is 6.60. The average molecular weight is 179 g/mol. The normalized spacial score (nSPS) is 10.5. The third kappa shape index (κ3) is 2.30. The standard InChI is InChI=1S/C9H9NO3/c11-9(12)8-4-2-1-3-7(8)5-6-10-13/h1-4,6,13H,5H2,(H,11,12)/b10-6+. The second-order valence-corrected chi connectivity index (χ2v) is 2.46. The van der Waals surface area contributed by atoms with Crippen molar-refractivity contribution in [1.82, 2.24) is 0 Å². The van der Waals surface area contributed by atoms with E-state index in [0.717, 1.165) is 0 Å². The van der Waals surface area contributed by atoms with Gasteiger partial charge >= 0.3 is 5.97 Å². The summed E-state index contributed by atoms with van der Waals surface area (Å²) >= 11 is 0. The molecule has 4 nitrogen and oxygen atoms in total. The molecule has 0 heterocycles. The highest BCUT2D eigenvalue weighted by Crippen LogP contribution is 2.08. The lowest BCUT2D eigenvalue weighted by Crippen LogP contribution is -2.02. The van der Waals surface area contributed by atoms with Crippen LogP contribution in [0.15, 0.2) is 29.4 Å². The Labute approximate surface area is 75.1 Å². The topological polar surface area (TPSA) is 69.9 Å². The van der Waals surface area contributed by atoms with Gasteiger partial charge in [0.15, 0.2) is 0 Å². The van der Waals surface area contributed by atoms with Gasteiger partial charge < -0.3 is 10.3 Å². The molecule has 68 valence electrons. The predicted molar refractivity (Wildman–Crippen MR) is 47.4 cm³/mol. The van der Waals surface area contributed by atoms with Crippen molar-refractivity contribution in [2.75, 3.05) is 0 Å². The van der Waals surface area contributed by atoms with Crippen molar-refractivity contribution in [3.63, 3.8) is 0 Å². The molecule has 0 unspecified atom stereocenters. The lowest BCUT2D eigenvalue weighted by atomic mass is 10.1. The Morgan fingerprint density at radius 3 is 2.77 bits per heavy atom. The maximum Gasteiger partial charge on any atom is 0.335 e. The van der Waals surface area contributed by atoms with Gasteiger partial charge in [0, 0.05) is 12.6 Å². The molecule has 0 aromatic heterocycles. The molecule has 0 spiro atoms. The van der Waals surface area contributed by atoms with Gasteiger partial charge in [0.25, 0.3) is 0 Å². The quantitative estimate of drug-likeness (QED) is 0.418. The second-order valence-electron chi connectivity index (χ2n) is 2.46. The number of rotatable bonds is 3. The number of benzene rings is 1. The van der Waals surface area contributed by atoms with E-state index in [-0.39, 0.29) is 5.56 Å². The van der Waals surface area contributed by atoms with Crippen LogP contribution in [0.3, 0.4) is 0 Å². The molecule has 1 aromatic carbocycles. The Morgan fingerprint density at radius 1 is 1.46 bits per heavy atom. The Hall–Kier alpha value is -1.84. The zero-order valence-corrected chi connectivity index (χ0v) is 6.84. The third-order valence-corrected chi connectivity index (χ3v) is 1.64. The van der Waals surface area contributed by atoms with Gasteiger partial charge in [-0.25, -0.2) is 4.79 Å². The van der Waals surface area contributed by atoms with Crippen LogP contribution >= 0.6 is 0 Å². The molecule has 2 N–H and O–H groups in total. The van der Waals surface area contributed by atoms with E-state index in [1.807, 2.05) is 0 Å². The summed E-state index contributed by atoms with van der Waals surface area (Å²) in [6.07, 6.45) is 1.57. The molecule has 0 amide bonds. The van der Waals surface area contributed by atoms with Gasteiger partial charge in [-0.05, 0) is 11.6 Å². The van der Waals surface area contributed by atoms with E-state index in [9.17, 15) is 4.79 Å². The fraction of sp³-hybridized carbons (Fsp3) is 0.111. The molecule has 13 heavy (non-hydrogen) atoms. The Morgan fingerprint density at radius 2 is 2.15 bits per heavy atom. The monoisotopic (exact) mass is 179 g/mol. The first-order valence-corrected chi connectivity index (χ1v) is 3.73. The summed E-state index contributed by atoms with van der Waals surface area (Å²) in [7, 11) is 0. The summed E-state index contributed by atoms with van der Waals surface area (Å²) < 4.78 is 0. The fourth-order valence-electron chi connectivity index (χ4n) is 1.05. The molecule has 0 bridgehead atoms. The molecule has 0 aliphatic rings. The molecule has 0 radical (unpaired) electrons. The first-order valence-electron chi connectivity index (χ1n) is 3.73. The van der Waals surface area contributed by atoms with Crippen LogP contribution in [0.2, 0.25) is 0 Å². The number of oxime groups is 1. The van der Waals surface area contributed by atoms with Crippen molar-refractivity contribution in [2.45, 2.75) is 6.42 Å². The molecule has 0 saturated heterocycles. The van der Waals surface area contributed by atoms with Crippen molar-refractivity contribution >= 4 is 12.2 Å². The Kier molecular flexibility index (Phi) is 3.03. The van der Waals surface area contributed by atoms with E-state index >= 15 is 0 Å². The van der Waals surface area contributed by atoms with Gasteiger partial charge in [-0.3, -0.25) is 0 Å². The van der Waals surface area contributed by atoms with Gasteiger partial charge in [-0.15, -0.1) is 5.16 Å². The third-order valence-electron chi connectivity index (χ3n) is 1.64. The Bertz CT molecular complexity index is 333. The molecule has 1 rings (SSSR count). The van der Waals surface area contributed by atoms with Gasteiger partial charge in [0.2, 0.25) is 0 Å². The molecular formula is C9H9NO3. The fourth-order valence-corrected chi connectivity index (χ4v) is 1.05. The number of carbonyl (C=O) groups is 1. The van der Waals surface area contributed by atoms with Crippen LogP contribution in [0.25, 0.3) is 0 Å². The average Bonchev–Trinajstić information content (AvgIpc) is 2.15. The first kappa shape index (κ1) is 9.25. The zero-order valence-electron chi connectivity index (χ0n) is 6.84. The van der Waals surface area contributed by atoms with E-state index in [0.29, 0.717) is 12.0 Å². The lowest BCUT2D eigenvalue weighted by Gasteiger charge is -2.00. The SMILES string of the molecule is O=C(O)c1ccccc1C/C=N/O. The largest absolute Gasteiger partial charge is 0.478 e. The summed E-state index contributed by atoms with van der Waals surface area (Å²) in [6.45, 7) is 0. The number of hydrogen-bond donors (Lipinski definition) is 2. The van der Waals surface area contributed by atoms with Gasteiger partial charge in [-0.1, -0.05) is 18.2 Å². The highest BCUT2D eigenvalue weighted by atomic mass is 16.4. The maximum atomic E-state index is 10.7. The number of hydrogen-bond acceptors (Lipinski definition) is 3. The number of aromatic carboxylic acids is 1. The highest BCUT2D eigenvalue weighted by Gasteiger charge is 2.06. The summed E-state index contributed by atoms with van der Waals surface area (Å²) in [4.78, 5) is 10.7. The number of carboxylic acid groups (broad SMARTS) is 1. The number of carboxylic acids is 1. The van der Waals surface area contributed by atoms with Crippen molar-refractivity contribution in [3.05, 3.63) is 35.4 Å². The molecule has 1 aromatic rings. The number of nitrogens with zero attached hydrogens (tertiary/aromatic N) is 1. The van der Waals surface area contributed by atoms with E-state index in [1.54, 1.807) is 18.2 Å². The zero-order chi connectivity index (χ0) is 9.68. The summed E-state index contributed by atoms with van der Waals surface area (Å²) in [5, 5.41) is 19.8. The smallest absolute Gasteiger partial charge is 0.335 e. The molecule has 0 aliphatic heterocycles. The van der Waals surface area contributed by atoms with Crippen molar-refractivity contribution in [3.8, 4) is 0 Å². The molecule has 0 fully saturated rings. The first-order chi connectivity index (χ1) is 6.25. The van der Waals surface area contributed by atoms with Gasteiger partial charge in [-0.2, -0.15) is 0 Å². The lowest BCUT2D eigenvalue weighted by molar-refractivity contribution is 0.0696. The van der Waals surface area contributed by atoms with Crippen molar-refractivity contribution < 1.29 is 15.1 Å². The van der Waals surface area contributed by atoms with Crippen LogP contribution < -0.4 is 0 Å². The van der Waals surface area contributed by atoms with E-state index < -0.39 is 5.97 Å². The minimum Gasteiger partial charge on any atom is -0.478 e. The van der Waals surface area contributed by atoms with Gasteiger partial charge in [0.1, 0.15) is 0 Å². The molecule has 0 aliphatic carbocycles. The van der Waals surface area contributed by atoms with Crippen molar-refractivity contribution in [1.29, 1.82) is 0 Å². The summed E-state index contributed by atoms with van der Waals surface area (Å²) in [5.74, 6) is -0.970. The van der Waals surface area contributed by atoms with Crippen LogP contribution in [0, 0.1) is 0 Å². The van der Waals surface area contributed by atoms with E-state index in [4.69, 9.17) is 10.3 Å². The minimum absolute atomic E-state index is 0.238. The van der Waals surface area contributed by atoms with Crippen LogP contribution in [-0.4, -0.2) is 22.5 Å². The van der Waals surface area contributed by atoms with Crippen molar-refractivity contribution in [2.24, 2.45) is 5.16 Å². The van der Waals surface area contributed by atoms with E-state index in [2.05, 4.69) is 5.16 Å². The Balaban J connectivity index is 2.97. The highest BCUT2D eigenvalue weighted by molar-refractivity contribution is 5.90. The second kappa shape index (κ2) is 4.25. The molecule has 0 atom stereocenters. The maximum absolute atomic E-state index is 10.7. The molecular weight excluding hydrogens is 170 g/mol. The molecule has 0 saturated carbocycles. The summed E-state index contributed by atoms with van der Waals surface area (Å²) in [5.41, 5.74) is 0.871. The van der Waals surface area contributed by atoms with Gasteiger partial charge in [0.05, 0.1) is 5.56 Å². The van der Waals surface area contributed by atoms with Crippen LogP contribution in [-0.2, 0) is 6.42 Å². The predicted octanol–water partition coefficient (Wildman–Crippen LogP) is 1.39. The minimum atomic E-state index is -0.970. The van der Waals surface area contributed by atoms with Crippen LogP contribution in [0.4, 0.5) is 0 Å². The van der Waals surface area contributed by atoms with Crippen LogP contribution in [0.5, 0.6) is 0 Å². The van der Waals surface area contributed by atoms with E-state index in [1.165, 1.54) is 12.3 Å². The van der Waals surface area contributed by atoms with Crippen LogP contribution in [0.1, 0.15) is 15.9 Å². The molecule has 4 heteroatoms.